The molecule has 0 unspecified atom stereocenters. The fourth-order valence-electron chi connectivity index (χ4n) is 0.855. The average molecular weight is 196 g/mol. The average Bonchev–Trinajstić information content (AvgIpc) is 2.52. The van der Waals surface area contributed by atoms with Gasteiger partial charge in [-0.15, -0.1) is 11.3 Å². The summed E-state index contributed by atoms with van der Waals surface area (Å²) in [5, 5.41) is 0. The molecule has 3 heteroatoms. The first-order valence-corrected chi connectivity index (χ1v) is 4.94. The third-order valence-electron chi connectivity index (χ3n) is 1.47. The molecule has 13 heavy (non-hydrogen) atoms. The molecule has 0 aromatic carbocycles. The van der Waals surface area contributed by atoms with Crippen molar-refractivity contribution in [1.82, 2.24) is 0 Å². The summed E-state index contributed by atoms with van der Waals surface area (Å²) >= 11 is 1.50. The molecule has 2 nitrogen and oxygen atoms in total. The summed E-state index contributed by atoms with van der Waals surface area (Å²) < 4.78 is 4.94. The predicted octanol–water partition coefficient (Wildman–Crippen LogP) is 2.79. The van der Waals surface area contributed by atoms with Gasteiger partial charge in [0.05, 0.1) is 17.7 Å². The molecule has 0 bridgehead atoms. The summed E-state index contributed by atoms with van der Waals surface area (Å²) in [6, 6.07) is 3.77. The van der Waals surface area contributed by atoms with E-state index < -0.39 is 0 Å². The van der Waals surface area contributed by atoms with Crippen LogP contribution >= 0.6 is 11.3 Å². The minimum absolute atomic E-state index is 0.00606. The van der Waals surface area contributed by atoms with E-state index >= 15 is 0 Å². The summed E-state index contributed by atoms with van der Waals surface area (Å²) in [6.45, 7) is 4.45. The predicted molar refractivity (Wildman–Crippen MR) is 54.2 cm³/mol. The first-order chi connectivity index (χ1) is 6.24. The summed E-state index contributed by atoms with van der Waals surface area (Å²) in [4.78, 5) is 13.3. The Kier molecular flexibility index (Phi) is 3.71. The lowest BCUT2D eigenvalue weighted by Gasteiger charge is -1.91. The van der Waals surface area contributed by atoms with E-state index in [4.69, 9.17) is 4.74 Å². The molecule has 70 valence electrons. The Balaban J connectivity index is 2.58. The van der Waals surface area contributed by atoms with Gasteiger partial charge in [-0.25, -0.2) is 0 Å². The van der Waals surface area contributed by atoms with Crippen LogP contribution in [0.15, 0.2) is 24.5 Å². The van der Waals surface area contributed by atoms with Crippen molar-refractivity contribution in [3.8, 4) is 0 Å². The van der Waals surface area contributed by atoms with Gasteiger partial charge in [0.2, 0.25) is 0 Å². The molecule has 0 N–H and O–H groups in total. The zero-order chi connectivity index (χ0) is 9.68. The van der Waals surface area contributed by atoms with E-state index in [9.17, 15) is 4.79 Å². The monoisotopic (exact) mass is 196 g/mol. The highest BCUT2D eigenvalue weighted by Gasteiger charge is 2.03. The molecule has 0 saturated carbocycles. The maximum absolute atomic E-state index is 11.4. The van der Waals surface area contributed by atoms with Crippen molar-refractivity contribution < 1.29 is 9.53 Å². The molecule has 0 saturated heterocycles. The molecule has 1 rings (SSSR count). The molecule has 0 atom stereocenters. The number of carbonyl (C=O) groups is 1. The first-order valence-electron chi connectivity index (χ1n) is 4.13. The summed E-state index contributed by atoms with van der Waals surface area (Å²) in [6.07, 6.45) is 2.90. The van der Waals surface area contributed by atoms with Crippen LogP contribution in [0, 0.1) is 6.92 Å². The smallest absolute Gasteiger partial charge is 0.198 e. The lowest BCUT2D eigenvalue weighted by atomic mass is 10.3. The maximum atomic E-state index is 11.4. The van der Waals surface area contributed by atoms with Crippen LogP contribution in [0.2, 0.25) is 0 Å². The van der Waals surface area contributed by atoms with Crippen LogP contribution < -0.4 is 0 Å². The Morgan fingerprint density at radius 2 is 2.38 bits per heavy atom. The number of carbonyl (C=O) groups excluding carboxylic acids is 1. The van der Waals surface area contributed by atoms with Crippen LogP contribution in [0.3, 0.4) is 0 Å². The third kappa shape index (κ3) is 3.03. The quantitative estimate of drug-likeness (QED) is 0.420. The molecule has 0 fully saturated rings. The topological polar surface area (TPSA) is 26.3 Å². The van der Waals surface area contributed by atoms with Crippen LogP contribution in [0.25, 0.3) is 0 Å². The van der Waals surface area contributed by atoms with Crippen molar-refractivity contribution in [2.45, 2.75) is 13.8 Å². The maximum Gasteiger partial charge on any atom is 0.198 e. The Morgan fingerprint density at radius 1 is 1.62 bits per heavy atom. The second-order valence-electron chi connectivity index (χ2n) is 2.53. The molecule has 0 spiro atoms. The lowest BCUT2D eigenvalue weighted by molar-refractivity contribution is 0.104. The molecular weight excluding hydrogens is 184 g/mol. The molecule has 0 aliphatic heterocycles. The number of aryl methyl sites for hydroxylation is 1. The van der Waals surface area contributed by atoms with E-state index in [0.29, 0.717) is 6.61 Å². The first kappa shape index (κ1) is 9.99. The molecule has 0 amide bonds. The van der Waals surface area contributed by atoms with Gasteiger partial charge in [-0.3, -0.25) is 4.79 Å². The Hall–Kier alpha value is -1.09. The molecule has 0 aliphatic carbocycles. The van der Waals surface area contributed by atoms with E-state index in [1.165, 1.54) is 23.7 Å². The van der Waals surface area contributed by atoms with E-state index in [-0.39, 0.29) is 5.78 Å². The molecule has 1 aromatic heterocycles. The van der Waals surface area contributed by atoms with Crippen LogP contribution in [-0.4, -0.2) is 12.4 Å². The van der Waals surface area contributed by atoms with Gasteiger partial charge in [0.25, 0.3) is 0 Å². The zero-order valence-electron chi connectivity index (χ0n) is 7.74. The number of ketones is 1. The van der Waals surface area contributed by atoms with Gasteiger partial charge in [0.1, 0.15) is 0 Å². The van der Waals surface area contributed by atoms with Crippen LogP contribution in [0.4, 0.5) is 0 Å². The van der Waals surface area contributed by atoms with Gasteiger partial charge in [0, 0.05) is 11.0 Å². The molecule has 1 aromatic rings. The van der Waals surface area contributed by atoms with E-state index in [0.717, 1.165) is 9.75 Å². The number of allylic oxidation sites excluding steroid dienone is 1. The van der Waals surface area contributed by atoms with Gasteiger partial charge in [-0.2, -0.15) is 0 Å². The Labute approximate surface area is 81.8 Å². The van der Waals surface area contributed by atoms with Gasteiger partial charge in [0.15, 0.2) is 5.78 Å². The minimum atomic E-state index is 0.00606. The lowest BCUT2D eigenvalue weighted by Crippen LogP contribution is -1.89. The molecule has 0 radical (unpaired) electrons. The van der Waals surface area contributed by atoms with E-state index in [2.05, 4.69) is 0 Å². The van der Waals surface area contributed by atoms with Crippen molar-refractivity contribution in [2.24, 2.45) is 0 Å². The van der Waals surface area contributed by atoms with Gasteiger partial charge < -0.3 is 4.74 Å². The van der Waals surface area contributed by atoms with Gasteiger partial charge in [-0.1, -0.05) is 0 Å². The summed E-state index contributed by atoms with van der Waals surface area (Å²) in [5.74, 6) is 0.00606. The van der Waals surface area contributed by atoms with Crippen LogP contribution in [0.5, 0.6) is 0 Å². The second kappa shape index (κ2) is 4.82. The number of rotatable bonds is 4. The highest BCUT2D eigenvalue weighted by atomic mass is 32.1. The van der Waals surface area contributed by atoms with Crippen molar-refractivity contribution >= 4 is 17.1 Å². The zero-order valence-corrected chi connectivity index (χ0v) is 8.56. The highest BCUT2D eigenvalue weighted by Crippen LogP contribution is 2.15. The largest absolute Gasteiger partial charge is 0.501 e. The Bertz CT molecular complexity index is 312. The van der Waals surface area contributed by atoms with E-state index in [1.54, 1.807) is 0 Å². The SMILES string of the molecule is CCOC=CC(=O)c1ccc(C)s1. The van der Waals surface area contributed by atoms with Gasteiger partial charge >= 0.3 is 0 Å². The molecule has 0 aliphatic rings. The number of hydrogen-bond donors (Lipinski definition) is 0. The third-order valence-corrected chi connectivity index (χ3v) is 2.48. The number of hydrogen-bond acceptors (Lipinski definition) is 3. The molecule has 1 heterocycles. The highest BCUT2D eigenvalue weighted by molar-refractivity contribution is 7.14. The van der Waals surface area contributed by atoms with E-state index in [1.807, 2.05) is 26.0 Å². The van der Waals surface area contributed by atoms with Crippen molar-refractivity contribution in [3.63, 3.8) is 0 Å². The standard InChI is InChI=1S/C10H12O2S/c1-3-12-7-6-9(11)10-5-4-8(2)13-10/h4-7H,3H2,1-2H3. The van der Waals surface area contributed by atoms with Crippen LogP contribution in [-0.2, 0) is 4.74 Å². The minimum Gasteiger partial charge on any atom is -0.501 e. The number of thiophene rings is 1. The summed E-state index contributed by atoms with van der Waals surface area (Å²) in [7, 11) is 0. The Morgan fingerprint density at radius 3 is 2.92 bits per heavy atom. The number of ether oxygens (including phenoxy) is 1. The fourth-order valence-corrected chi connectivity index (χ4v) is 1.64. The van der Waals surface area contributed by atoms with Crippen molar-refractivity contribution in [2.75, 3.05) is 6.61 Å². The summed E-state index contributed by atoms with van der Waals surface area (Å²) in [5.41, 5.74) is 0. The van der Waals surface area contributed by atoms with Crippen LogP contribution in [0.1, 0.15) is 21.5 Å². The van der Waals surface area contributed by atoms with Crippen molar-refractivity contribution in [1.29, 1.82) is 0 Å². The molecular formula is C10H12O2S. The normalized spacial score (nSPS) is 10.6. The van der Waals surface area contributed by atoms with Crippen molar-refractivity contribution in [3.05, 3.63) is 34.2 Å². The van der Waals surface area contributed by atoms with Gasteiger partial charge in [-0.05, 0) is 26.0 Å². The fraction of sp³-hybridized carbons (Fsp3) is 0.300. The second-order valence-corrected chi connectivity index (χ2v) is 3.82.